The third-order valence-corrected chi connectivity index (χ3v) is 4.88. The SMILES string of the molecule is O=C1OCCOc2ncc(F)cc2[C@H]2C[C@H](F)CN2c2ccn3ncc1c3n2. The normalized spacial score (nSPS) is 21.9. The van der Waals surface area contributed by atoms with Crippen molar-refractivity contribution in [2.75, 3.05) is 24.7 Å². The number of carbonyl (C=O) groups is 1. The molecule has 2 atom stereocenters. The molecule has 2 bridgehead atoms. The van der Waals surface area contributed by atoms with E-state index in [2.05, 4.69) is 15.1 Å². The number of alkyl halides is 1. The van der Waals surface area contributed by atoms with Crippen LogP contribution in [-0.2, 0) is 4.74 Å². The molecule has 0 unspecified atom stereocenters. The molecule has 8 nitrogen and oxygen atoms in total. The van der Waals surface area contributed by atoms with Gasteiger partial charge >= 0.3 is 5.97 Å². The average Bonchev–Trinajstić information content (AvgIpc) is 3.28. The highest BCUT2D eigenvalue weighted by Crippen LogP contribution is 2.40. The van der Waals surface area contributed by atoms with Gasteiger partial charge in [-0.15, -0.1) is 0 Å². The first-order valence-electron chi connectivity index (χ1n) is 8.80. The zero-order chi connectivity index (χ0) is 19.3. The summed E-state index contributed by atoms with van der Waals surface area (Å²) in [4.78, 5) is 22.6. The van der Waals surface area contributed by atoms with Gasteiger partial charge in [0.15, 0.2) is 5.65 Å². The Morgan fingerprint density at radius 1 is 1.21 bits per heavy atom. The lowest BCUT2D eigenvalue weighted by molar-refractivity contribution is 0.0449. The molecule has 144 valence electrons. The smallest absolute Gasteiger partial charge is 0.343 e. The standard InChI is InChI=1S/C18H15F2N5O3/c19-10-5-12-14-6-11(20)9-24(14)15-1-2-25-16(23-15)13(8-22-25)18(26)28-4-3-27-17(12)21-7-10/h1-2,5,7-8,11,14H,3-4,6,9H2/t11-,14+/m0/s1. The number of hydrogen-bond acceptors (Lipinski definition) is 7. The van der Waals surface area contributed by atoms with E-state index in [9.17, 15) is 13.6 Å². The number of anilines is 1. The zero-order valence-corrected chi connectivity index (χ0v) is 14.6. The Kier molecular flexibility index (Phi) is 3.85. The van der Waals surface area contributed by atoms with E-state index in [0.717, 1.165) is 6.20 Å². The van der Waals surface area contributed by atoms with E-state index >= 15 is 0 Å². The van der Waals surface area contributed by atoms with Gasteiger partial charge in [-0.2, -0.15) is 5.10 Å². The van der Waals surface area contributed by atoms with Crippen LogP contribution in [0.4, 0.5) is 14.6 Å². The molecule has 1 fully saturated rings. The van der Waals surface area contributed by atoms with Crippen LogP contribution < -0.4 is 9.64 Å². The molecule has 2 aliphatic rings. The second kappa shape index (κ2) is 6.39. The molecule has 0 amide bonds. The van der Waals surface area contributed by atoms with Crippen molar-refractivity contribution in [1.82, 2.24) is 19.6 Å². The van der Waals surface area contributed by atoms with E-state index in [-0.39, 0.29) is 37.6 Å². The van der Waals surface area contributed by atoms with Crippen molar-refractivity contribution in [3.8, 4) is 5.88 Å². The quantitative estimate of drug-likeness (QED) is 0.547. The molecule has 0 spiro atoms. The van der Waals surface area contributed by atoms with Gasteiger partial charge < -0.3 is 14.4 Å². The Hall–Kier alpha value is -3.30. The molecule has 1 saturated heterocycles. The molecular weight excluding hydrogens is 372 g/mol. The van der Waals surface area contributed by atoms with Crippen molar-refractivity contribution >= 4 is 17.4 Å². The summed E-state index contributed by atoms with van der Waals surface area (Å²) >= 11 is 0. The van der Waals surface area contributed by atoms with Crippen molar-refractivity contribution in [3.63, 3.8) is 0 Å². The molecule has 5 rings (SSSR count). The molecule has 0 aromatic carbocycles. The maximum Gasteiger partial charge on any atom is 0.343 e. The van der Waals surface area contributed by atoms with Crippen LogP contribution in [0, 0.1) is 5.82 Å². The number of hydrogen-bond donors (Lipinski definition) is 0. The highest BCUT2D eigenvalue weighted by atomic mass is 19.1. The van der Waals surface area contributed by atoms with Crippen LogP contribution >= 0.6 is 0 Å². The summed E-state index contributed by atoms with van der Waals surface area (Å²) < 4.78 is 40.6. The number of carbonyl (C=O) groups excluding carboxylic acids is 1. The van der Waals surface area contributed by atoms with Crippen molar-refractivity contribution in [3.05, 3.63) is 47.7 Å². The van der Waals surface area contributed by atoms with E-state index in [1.807, 2.05) is 0 Å². The molecule has 2 aliphatic heterocycles. The van der Waals surface area contributed by atoms with Crippen LogP contribution in [0.2, 0.25) is 0 Å². The van der Waals surface area contributed by atoms with Gasteiger partial charge in [-0.05, 0) is 12.1 Å². The Morgan fingerprint density at radius 3 is 2.96 bits per heavy atom. The van der Waals surface area contributed by atoms with E-state index in [1.165, 1.54) is 16.8 Å². The Morgan fingerprint density at radius 2 is 2.07 bits per heavy atom. The molecule has 0 radical (unpaired) electrons. The number of aromatic nitrogens is 4. The monoisotopic (exact) mass is 387 g/mol. The number of cyclic esters (lactones) is 1. The first-order chi connectivity index (χ1) is 13.6. The Bertz CT molecular complexity index is 1070. The second-order valence-corrected chi connectivity index (χ2v) is 6.65. The van der Waals surface area contributed by atoms with Gasteiger partial charge in [-0.1, -0.05) is 0 Å². The molecule has 0 aliphatic carbocycles. The second-order valence-electron chi connectivity index (χ2n) is 6.65. The number of ether oxygens (including phenoxy) is 2. The average molecular weight is 387 g/mol. The highest BCUT2D eigenvalue weighted by Gasteiger charge is 2.37. The summed E-state index contributed by atoms with van der Waals surface area (Å²) in [6.07, 6.45) is 3.08. The van der Waals surface area contributed by atoms with Gasteiger partial charge in [0.2, 0.25) is 5.88 Å². The van der Waals surface area contributed by atoms with Crippen molar-refractivity contribution in [1.29, 1.82) is 0 Å². The number of nitrogens with zero attached hydrogens (tertiary/aromatic N) is 5. The fourth-order valence-corrected chi connectivity index (χ4v) is 3.65. The van der Waals surface area contributed by atoms with Crippen LogP contribution in [0.1, 0.15) is 28.4 Å². The van der Waals surface area contributed by atoms with Gasteiger partial charge in [-0.3, -0.25) is 0 Å². The minimum atomic E-state index is -1.12. The molecule has 5 heterocycles. The minimum absolute atomic E-state index is 0.0264. The lowest BCUT2D eigenvalue weighted by atomic mass is 10.1. The van der Waals surface area contributed by atoms with E-state index in [0.29, 0.717) is 17.0 Å². The van der Waals surface area contributed by atoms with Gasteiger partial charge in [0.05, 0.1) is 25.0 Å². The zero-order valence-electron chi connectivity index (χ0n) is 14.6. The van der Waals surface area contributed by atoms with Crippen molar-refractivity contribution in [2.45, 2.75) is 18.6 Å². The molecule has 10 heteroatoms. The Labute approximate surface area is 157 Å². The van der Waals surface area contributed by atoms with Gasteiger partial charge in [0, 0.05) is 18.2 Å². The summed E-state index contributed by atoms with van der Waals surface area (Å²) in [5.41, 5.74) is 0.942. The third kappa shape index (κ3) is 2.72. The summed E-state index contributed by atoms with van der Waals surface area (Å²) in [5.74, 6) is -0.496. The van der Waals surface area contributed by atoms with Crippen LogP contribution in [0.5, 0.6) is 5.88 Å². The molecular formula is C18H15F2N5O3. The maximum atomic E-state index is 14.4. The number of fused-ring (bicyclic) bond motifs is 5. The summed E-state index contributed by atoms with van der Waals surface area (Å²) in [7, 11) is 0. The topological polar surface area (TPSA) is 81.9 Å². The van der Waals surface area contributed by atoms with Crippen LogP contribution in [0.25, 0.3) is 5.65 Å². The first-order valence-corrected chi connectivity index (χ1v) is 8.80. The third-order valence-electron chi connectivity index (χ3n) is 4.88. The van der Waals surface area contributed by atoms with Crippen LogP contribution in [0.15, 0.2) is 30.7 Å². The largest absolute Gasteiger partial charge is 0.474 e. The summed E-state index contributed by atoms with van der Waals surface area (Å²) in [6, 6.07) is 2.46. The first kappa shape index (κ1) is 16.8. The minimum Gasteiger partial charge on any atom is -0.474 e. The molecule has 3 aromatic rings. The summed E-state index contributed by atoms with van der Waals surface area (Å²) in [6.45, 7) is 0.0742. The van der Waals surface area contributed by atoms with Gasteiger partial charge in [-0.25, -0.2) is 28.1 Å². The number of esters is 1. The highest BCUT2D eigenvalue weighted by molar-refractivity contribution is 5.95. The van der Waals surface area contributed by atoms with Gasteiger partial charge in [0.25, 0.3) is 0 Å². The lowest BCUT2D eigenvalue weighted by Gasteiger charge is -2.26. The Balaban J connectivity index is 1.69. The fraction of sp³-hybridized carbons (Fsp3) is 0.333. The van der Waals surface area contributed by atoms with E-state index in [1.54, 1.807) is 17.2 Å². The molecule has 0 saturated carbocycles. The molecule has 3 aromatic heterocycles. The maximum absolute atomic E-state index is 14.4. The van der Waals surface area contributed by atoms with Gasteiger partial charge in [0.1, 0.15) is 36.6 Å². The van der Waals surface area contributed by atoms with E-state index < -0.39 is 24.0 Å². The van der Waals surface area contributed by atoms with Crippen LogP contribution in [-0.4, -0.2) is 51.5 Å². The van der Waals surface area contributed by atoms with Crippen molar-refractivity contribution < 1.29 is 23.0 Å². The van der Waals surface area contributed by atoms with E-state index in [4.69, 9.17) is 9.47 Å². The van der Waals surface area contributed by atoms with Crippen molar-refractivity contribution in [2.24, 2.45) is 0 Å². The predicted molar refractivity (Wildman–Crippen MR) is 92.6 cm³/mol. The predicted octanol–water partition coefficient (Wildman–Crippen LogP) is 2.10. The lowest BCUT2D eigenvalue weighted by Crippen LogP contribution is -2.25. The number of pyridine rings is 1. The van der Waals surface area contributed by atoms with Crippen LogP contribution in [0.3, 0.4) is 0 Å². The molecule has 0 N–H and O–H groups in total. The number of halogens is 2. The summed E-state index contributed by atoms with van der Waals surface area (Å²) in [5, 5.41) is 4.10. The fourth-order valence-electron chi connectivity index (χ4n) is 3.65. The molecule has 28 heavy (non-hydrogen) atoms. The number of rotatable bonds is 0.